The second-order valence-corrected chi connectivity index (χ2v) is 3.00. The molecule has 1 rings (SSSR count). The highest BCUT2D eigenvalue weighted by Crippen LogP contribution is 2.19. The number of nitrogens with two attached hydrogens (primary N) is 1. The highest BCUT2D eigenvalue weighted by atomic mass is 16.7. The Morgan fingerprint density at radius 3 is 2.42 bits per heavy atom. The molecule has 0 radical (unpaired) electrons. The zero-order chi connectivity index (χ0) is 9.30. The van der Waals surface area contributed by atoms with E-state index in [-0.39, 0.29) is 0 Å². The van der Waals surface area contributed by atoms with Gasteiger partial charge in [-0.25, -0.2) is 0 Å². The molecule has 4 N–H and O–H groups in total. The van der Waals surface area contributed by atoms with Gasteiger partial charge in [0.15, 0.2) is 6.29 Å². The van der Waals surface area contributed by atoms with Crippen molar-refractivity contribution in [1.82, 2.24) is 0 Å². The SMILES string of the molecule is CO[C@@H]1O[C@H](C)[C@@H](O)[C@H](N)[C@@H]1O. The van der Waals surface area contributed by atoms with E-state index in [1.165, 1.54) is 7.11 Å². The minimum absolute atomic E-state index is 0.409. The molecular weight excluding hydrogens is 162 g/mol. The first kappa shape index (κ1) is 9.88. The van der Waals surface area contributed by atoms with Gasteiger partial charge in [-0.1, -0.05) is 0 Å². The average molecular weight is 177 g/mol. The van der Waals surface area contributed by atoms with Crippen molar-refractivity contribution in [3.8, 4) is 0 Å². The number of hydrogen-bond acceptors (Lipinski definition) is 5. The quantitative estimate of drug-likeness (QED) is 0.450. The summed E-state index contributed by atoms with van der Waals surface area (Å²) in [5, 5.41) is 18.8. The van der Waals surface area contributed by atoms with Crippen LogP contribution in [0.15, 0.2) is 0 Å². The Bertz CT molecular complexity index is 150. The Hall–Kier alpha value is -0.200. The predicted octanol–water partition coefficient (Wildman–Crippen LogP) is -1.57. The first-order valence-corrected chi connectivity index (χ1v) is 3.88. The normalized spacial score (nSPS) is 49.2. The number of hydrogen-bond donors (Lipinski definition) is 3. The van der Waals surface area contributed by atoms with E-state index >= 15 is 0 Å². The summed E-state index contributed by atoms with van der Waals surface area (Å²) >= 11 is 0. The monoisotopic (exact) mass is 177 g/mol. The van der Waals surface area contributed by atoms with Crippen LogP contribution < -0.4 is 5.73 Å². The summed E-state index contributed by atoms with van der Waals surface area (Å²) in [7, 11) is 1.42. The van der Waals surface area contributed by atoms with Crippen LogP contribution in [0.2, 0.25) is 0 Å². The lowest BCUT2D eigenvalue weighted by molar-refractivity contribution is -0.258. The maximum atomic E-state index is 9.39. The second-order valence-electron chi connectivity index (χ2n) is 3.00. The molecule has 1 aliphatic heterocycles. The summed E-state index contributed by atoms with van der Waals surface area (Å²) in [5.41, 5.74) is 5.52. The van der Waals surface area contributed by atoms with Crippen LogP contribution in [0, 0.1) is 0 Å². The van der Waals surface area contributed by atoms with E-state index in [2.05, 4.69) is 0 Å². The van der Waals surface area contributed by atoms with E-state index in [0.29, 0.717) is 0 Å². The van der Waals surface area contributed by atoms with Crippen molar-refractivity contribution in [1.29, 1.82) is 0 Å². The fraction of sp³-hybridized carbons (Fsp3) is 1.00. The Morgan fingerprint density at radius 1 is 1.33 bits per heavy atom. The number of ether oxygens (including phenoxy) is 2. The molecule has 5 nitrogen and oxygen atoms in total. The lowest BCUT2D eigenvalue weighted by atomic mass is 9.98. The molecule has 72 valence electrons. The molecule has 1 fully saturated rings. The number of aliphatic hydroxyl groups is 2. The summed E-state index contributed by atoms with van der Waals surface area (Å²) in [6, 6.07) is -0.710. The largest absolute Gasteiger partial charge is 0.389 e. The average Bonchev–Trinajstić information content (AvgIpc) is 2.08. The molecular formula is C7H15NO4. The Balaban J connectivity index is 2.63. The van der Waals surface area contributed by atoms with Crippen LogP contribution in [0.3, 0.4) is 0 Å². The summed E-state index contributed by atoms with van der Waals surface area (Å²) in [4.78, 5) is 0. The maximum Gasteiger partial charge on any atom is 0.185 e. The van der Waals surface area contributed by atoms with Crippen LogP contribution in [0.25, 0.3) is 0 Å². The van der Waals surface area contributed by atoms with Crippen molar-refractivity contribution in [2.45, 2.75) is 37.6 Å². The first-order valence-electron chi connectivity index (χ1n) is 3.88. The lowest BCUT2D eigenvalue weighted by Crippen LogP contribution is -2.60. The van der Waals surface area contributed by atoms with Gasteiger partial charge in [0.05, 0.1) is 18.2 Å². The molecule has 1 aliphatic rings. The molecule has 0 spiro atoms. The zero-order valence-corrected chi connectivity index (χ0v) is 7.18. The lowest BCUT2D eigenvalue weighted by Gasteiger charge is -2.39. The molecule has 0 aromatic rings. The van der Waals surface area contributed by atoms with Crippen molar-refractivity contribution >= 4 is 0 Å². The maximum absolute atomic E-state index is 9.39. The van der Waals surface area contributed by atoms with E-state index < -0.39 is 30.6 Å². The molecule has 1 heterocycles. The molecule has 1 saturated heterocycles. The van der Waals surface area contributed by atoms with Gasteiger partial charge in [-0.05, 0) is 6.92 Å². The van der Waals surface area contributed by atoms with Crippen LogP contribution in [0.1, 0.15) is 6.92 Å². The van der Waals surface area contributed by atoms with Gasteiger partial charge in [0.25, 0.3) is 0 Å². The highest BCUT2D eigenvalue weighted by Gasteiger charge is 2.40. The van der Waals surface area contributed by atoms with Gasteiger partial charge in [-0.3, -0.25) is 0 Å². The van der Waals surface area contributed by atoms with Crippen molar-refractivity contribution in [3.05, 3.63) is 0 Å². The van der Waals surface area contributed by atoms with E-state index in [9.17, 15) is 10.2 Å². The predicted molar refractivity (Wildman–Crippen MR) is 41.3 cm³/mol. The van der Waals surface area contributed by atoms with Gasteiger partial charge in [0.1, 0.15) is 6.10 Å². The first-order chi connectivity index (χ1) is 5.57. The Labute approximate surface area is 71.1 Å². The molecule has 0 unspecified atom stereocenters. The van der Waals surface area contributed by atoms with Gasteiger partial charge in [-0.15, -0.1) is 0 Å². The van der Waals surface area contributed by atoms with E-state index in [1.54, 1.807) is 6.92 Å². The number of methoxy groups -OCH3 is 1. The van der Waals surface area contributed by atoms with Crippen LogP contribution in [-0.2, 0) is 9.47 Å². The molecule has 5 heteroatoms. The van der Waals surface area contributed by atoms with Crippen LogP contribution in [0.5, 0.6) is 0 Å². The molecule has 5 atom stereocenters. The third-order valence-corrected chi connectivity index (χ3v) is 2.13. The van der Waals surface area contributed by atoms with Crippen molar-refractivity contribution in [2.24, 2.45) is 5.73 Å². The van der Waals surface area contributed by atoms with Gasteiger partial charge in [0, 0.05) is 7.11 Å². The Kier molecular flexibility index (Phi) is 3.03. The van der Waals surface area contributed by atoms with Crippen LogP contribution >= 0.6 is 0 Å². The van der Waals surface area contributed by atoms with Crippen molar-refractivity contribution in [2.75, 3.05) is 7.11 Å². The number of rotatable bonds is 1. The van der Waals surface area contributed by atoms with Crippen LogP contribution in [-0.4, -0.2) is 48.0 Å². The standard InChI is InChI=1S/C7H15NO4/c1-3-5(9)4(8)6(10)7(11-2)12-3/h3-7,9-10H,8H2,1-2H3/t3-,4+,5-,6+,7-/m1/s1. The molecule has 0 saturated carbocycles. The summed E-state index contributed by atoms with van der Waals surface area (Å²) in [6.07, 6.45) is -2.96. The summed E-state index contributed by atoms with van der Waals surface area (Å²) < 4.78 is 9.96. The minimum Gasteiger partial charge on any atom is -0.389 e. The smallest absolute Gasteiger partial charge is 0.185 e. The third kappa shape index (κ3) is 1.60. The highest BCUT2D eigenvalue weighted by molar-refractivity contribution is 4.89. The molecule has 0 aliphatic carbocycles. The fourth-order valence-electron chi connectivity index (χ4n) is 1.26. The summed E-state index contributed by atoms with van der Waals surface area (Å²) in [6.45, 7) is 1.68. The summed E-state index contributed by atoms with van der Waals surface area (Å²) in [5.74, 6) is 0. The molecule has 0 aromatic heterocycles. The molecule has 0 bridgehead atoms. The van der Waals surface area contributed by atoms with Gasteiger partial charge in [-0.2, -0.15) is 0 Å². The second kappa shape index (κ2) is 3.68. The van der Waals surface area contributed by atoms with Gasteiger partial charge >= 0.3 is 0 Å². The van der Waals surface area contributed by atoms with Crippen molar-refractivity contribution < 1.29 is 19.7 Å². The van der Waals surface area contributed by atoms with Gasteiger partial charge < -0.3 is 25.4 Å². The zero-order valence-electron chi connectivity index (χ0n) is 7.18. The molecule has 0 aromatic carbocycles. The fourth-order valence-corrected chi connectivity index (χ4v) is 1.26. The van der Waals surface area contributed by atoms with E-state index in [1.807, 2.05) is 0 Å². The molecule has 12 heavy (non-hydrogen) atoms. The Morgan fingerprint density at radius 2 is 1.92 bits per heavy atom. The number of aliphatic hydroxyl groups excluding tert-OH is 2. The van der Waals surface area contributed by atoms with E-state index in [4.69, 9.17) is 15.2 Å². The van der Waals surface area contributed by atoms with Crippen molar-refractivity contribution in [3.63, 3.8) is 0 Å². The van der Waals surface area contributed by atoms with Crippen LogP contribution in [0.4, 0.5) is 0 Å². The minimum atomic E-state index is -0.971. The third-order valence-electron chi connectivity index (χ3n) is 2.13. The van der Waals surface area contributed by atoms with Gasteiger partial charge in [0.2, 0.25) is 0 Å². The van der Waals surface area contributed by atoms with E-state index in [0.717, 1.165) is 0 Å². The molecule has 0 amide bonds. The topological polar surface area (TPSA) is 84.9 Å².